The maximum atomic E-state index is 13.4. The number of carbonyl (C=O) groups excluding carboxylic acids is 1. The first-order valence-electron chi connectivity index (χ1n) is 10.3. The Bertz CT molecular complexity index is 787. The predicted molar refractivity (Wildman–Crippen MR) is 107 cm³/mol. The van der Waals surface area contributed by atoms with Crippen LogP contribution in [-0.4, -0.2) is 46.3 Å². The van der Waals surface area contributed by atoms with Gasteiger partial charge in [-0.1, -0.05) is 48.9 Å². The summed E-state index contributed by atoms with van der Waals surface area (Å²) in [7, 11) is 0. The van der Waals surface area contributed by atoms with Crippen molar-refractivity contribution in [3.8, 4) is 0 Å². The average Bonchev–Trinajstić information content (AvgIpc) is 3.47. The molecule has 2 aliphatic carbocycles. The summed E-state index contributed by atoms with van der Waals surface area (Å²) in [6.07, 6.45) is -1.23. The van der Waals surface area contributed by atoms with Crippen molar-refractivity contribution < 1.29 is 27.9 Å². The molecule has 1 aromatic rings. The van der Waals surface area contributed by atoms with Crippen molar-refractivity contribution in [1.29, 1.82) is 0 Å². The van der Waals surface area contributed by atoms with Crippen LogP contribution in [0.5, 0.6) is 0 Å². The third-order valence-corrected chi connectivity index (χ3v) is 6.04. The van der Waals surface area contributed by atoms with Crippen LogP contribution in [-0.2, 0) is 4.79 Å². The van der Waals surface area contributed by atoms with Crippen LogP contribution in [0.1, 0.15) is 51.0 Å². The summed E-state index contributed by atoms with van der Waals surface area (Å²) in [4.78, 5) is 24.2. The lowest BCUT2D eigenvalue weighted by atomic mass is 9.89. The highest BCUT2D eigenvalue weighted by atomic mass is 19.4. The quantitative estimate of drug-likeness (QED) is 0.687. The van der Waals surface area contributed by atoms with Gasteiger partial charge in [0.15, 0.2) is 0 Å². The maximum Gasteiger partial charge on any atom is 0.471 e. The number of hydrogen-bond donors (Lipinski definition) is 2. The number of benzene rings is 1. The van der Waals surface area contributed by atoms with E-state index in [-0.39, 0.29) is 12.0 Å². The van der Waals surface area contributed by atoms with E-state index in [1.807, 2.05) is 43.3 Å². The summed E-state index contributed by atoms with van der Waals surface area (Å²) in [5.41, 5.74) is 2.04. The van der Waals surface area contributed by atoms with Crippen molar-refractivity contribution in [1.82, 2.24) is 10.2 Å². The highest BCUT2D eigenvalue weighted by Gasteiger charge is 2.54. The van der Waals surface area contributed by atoms with Crippen molar-refractivity contribution in [3.05, 3.63) is 41.5 Å². The lowest BCUT2D eigenvalue weighted by molar-refractivity contribution is -0.189. The van der Waals surface area contributed by atoms with E-state index in [1.54, 1.807) is 0 Å². The van der Waals surface area contributed by atoms with E-state index in [4.69, 9.17) is 5.11 Å². The molecule has 8 heteroatoms. The highest BCUT2D eigenvalue weighted by Crippen LogP contribution is 2.46. The Morgan fingerprint density at radius 2 is 1.80 bits per heavy atom. The molecular formula is C22H27F3N2O3. The minimum Gasteiger partial charge on any atom is -0.465 e. The molecule has 2 atom stereocenters. The number of hydrogen-bond acceptors (Lipinski definition) is 2. The molecule has 3 rings (SSSR count). The van der Waals surface area contributed by atoms with Gasteiger partial charge in [0.1, 0.15) is 0 Å². The topological polar surface area (TPSA) is 69.6 Å². The lowest BCUT2D eigenvalue weighted by Crippen LogP contribution is -2.51. The molecule has 164 valence electrons. The Morgan fingerprint density at radius 3 is 2.33 bits per heavy atom. The number of halogens is 3. The van der Waals surface area contributed by atoms with Gasteiger partial charge >= 0.3 is 18.2 Å². The number of nitrogens with one attached hydrogen (secondary N) is 1. The van der Waals surface area contributed by atoms with Crippen LogP contribution in [0.4, 0.5) is 18.0 Å². The van der Waals surface area contributed by atoms with E-state index < -0.39 is 30.3 Å². The monoisotopic (exact) mass is 424 g/mol. The fraction of sp³-hybridized carbons (Fsp3) is 0.545. The Morgan fingerprint density at radius 1 is 1.17 bits per heavy atom. The molecule has 2 amide bonds. The van der Waals surface area contributed by atoms with Gasteiger partial charge in [-0.25, -0.2) is 4.79 Å². The lowest BCUT2D eigenvalue weighted by Gasteiger charge is -2.37. The summed E-state index contributed by atoms with van der Waals surface area (Å²) < 4.78 is 40.1. The second kappa shape index (κ2) is 9.10. The molecule has 0 bridgehead atoms. The molecule has 1 aromatic carbocycles. The average molecular weight is 424 g/mol. The van der Waals surface area contributed by atoms with Gasteiger partial charge in [0.05, 0.1) is 0 Å². The number of rotatable bonds is 6. The van der Waals surface area contributed by atoms with Crippen molar-refractivity contribution in [2.45, 2.75) is 69.8 Å². The first kappa shape index (κ1) is 22.2. The van der Waals surface area contributed by atoms with E-state index in [9.17, 15) is 22.8 Å². The molecule has 2 aliphatic rings. The van der Waals surface area contributed by atoms with Gasteiger partial charge in [-0.05, 0) is 44.1 Å². The molecule has 0 heterocycles. The van der Waals surface area contributed by atoms with Gasteiger partial charge < -0.3 is 15.3 Å². The Balaban J connectivity index is 1.75. The Kier molecular flexibility index (Phi) is 6.73. The number of nitrogens with zero attached hydrogens (tertiary/aromatic N) is 1. The van der Waals surface area contributed by atoms with E-state index >= 15 is 0 Å². The molecule has 0 aliphatic heterocycles. The molecule has 2 saturated carbocycles. The highest BCUT2D eigenvalue weighted by molar-refractivity contribution is 5.83. The standard InChI is InChI=1S/C22H27F3N2O3/c1-2-15(12-14-6-4-3-5-7-14)18-13-19(18)27(20(28)22(23,24)25)17-10-8-16(9-11-17)26-21(29)30/h3-7,12,16-19,26H,2,8-11,13H2,1H3,(H,29,30)/b15-12+/t16-,17-,18-,19+/m0/s1. The minimum atomic E-state index is -4.92. The molecule has 0 radical (unpaired) electrons. The first-order valence-corrected chi connectivity index (χ1v) is 10.3. The Hall–Kier alpha value is -2.51. The second-order valence-electron chi connectivity index (χ2n) is 8.06. The summed E-state index contributed by atoms with van der Waals surface area (Å²) in [6, 6.07) is 8.37. The van der Waals surface area contributed by atoms with Crippen molar-refractivity contribution in [3.63, 3.8) is 0 Å². The number of alkyl halides is 3. The maximum absolute atomic E-state index is 13.4. The third-order valence-electron chi connectivity index (χ3n) is 6.04. The van der Waals surface area contributed by atoms with Crippen molar-refractivity contribution in [2.24, 2.45) is 5.92 Å². The normalized spacial score (nSPS) is 26.7. The largest absolute Gasteiger partial charge is 0.471 e. The molecule has 0 unspecified atom stereocenters. The second-order valence-corrected chi connectivity index (χ2v) is 8.06. The zero-order valence-electron chi connectivity index (χ0n) is 16.9. The van der Waals surface area contributed by atoms with Gasteiger partial charge in [-0.15, -0.1) is 0 Å². The summed E-state index contributed by atoms with van der Waals surface area (Å²) in [5.74, 6) is -1.85. The van der Waals surface area contributed by atoms with Gasteiger partial charge in [-0.3, -0.25) is 4.79 Å². The smallest absolute Gasteiger partial charge is 0.465 e. The zero-order valence-corrected chi connectivity index (χ0v) is 16.9. The van der Waals surface area contributed by atoms with Crippen molar-refractivity contribution in [2.75, 3.05) is 0 Å². The van der Waals surface area contributed by atoms with Crippen LogP contribution in [0, 0.1) is 5.92 Å². The molecule has 2 fully saturated rings. The summed E-state index contributed by atoms with van der Waals surface area (Å²) >= 11 is 0. The van der Waals surface area contributed by atoms with E-state index in [1.165, 1.54) is 0 Å². The van der Waals surface area contributed by atoms with Crippen LogP contribution in [0.15, 0.2) is 35.9 Å². The molecule has 5 nitrogen and oxygen atoms in total. The van der Waals surface area contributed by atoms with E-state index in [0.717, 1.165) is 16.0 Å². The third kappa shape index (κ3) is 5.34. The summed E-state index contributed by atoms with van der Waals surface area (Å²) in [6.45, 7) is 1.98. The molecule has 0 spiro atoms. The SMILES string of the molecule is CC/C(=C\c1ccccc1)[C@@H]1C[C@H]1N(C(=O)C(F)(F)F)[C@H]1CC[C@H](NC(=O)O)CC1. The van der Waals surface area contributed by atoms with Gasteiger partial charge in [0.2, 0.25) is 0 Å². The molecule has 30 heavy (non-hydrogen) atoms. The minimum absolute atomic E-state index is 0.0728. The van der Waals surface area contributed by atoms with Crippen LogP contribution in [0.25, 0.3) is 6.08 Å². The van der Waals surface area contributed by atoms with E-state index in [0.29, 0.717) is 38.5 Å². The molecule has 2 N–H and O–H groups in total. The van der Waals surface area contributed by atoms with Crippen molar-refractivity contribution >= 4 is 18.1 Å². The van der Waals surface area contributed by atoms with Gasteiger partial charge in [-0.2, -0.15) is 13.2 Å². The molecule has 0 saturated heterocycles. The first-order chi connectivity index (χ1) is 14.2. The summed E-state index contributed by atoms with van der Waals surface area (Å²) in [5, 5.41) is 11.2. The fourth-order valence-electron chi connectivity index (χ4n) is 4.53. The van der Waals surface area contributed by atoms with Gasteiger partial charge in [0, 0.05) is 24.0 Å². The zero-order chi connectivity index (χ0) is 21.9. The molecular weight excluding hydrogens is 397 g/mol. The number of carbonyl (C=O) groups is 2. The van der Waals surface area contributed by atoms with Crippen LogP contribution < -0.4 is 5.32 Å². The fourth-order valence-corrected chi connectivity index (χ4v) is 4.53. The molecule has 0 aromatic heterocycles. The van der Waals surface area contributed by atoms with Gasteiger partial charge in [0.25, 0.3) is 0 Å². The van der Waals surface area contributed by atoms with E-state index in [2.05, 4.69) is 5.32 Å². The number of amides is 2. The van der Waals surface area contributed by atoms with Crippen LogP contribution in [0.2, 0.25) is 0 Å². The Labute approximate surface area is 173 Å². The van der Waals surface area contributed by atoms with Crippen LogP contribution in [0.3, 0.4) is 0 Å². The van der Waals surface area contributed by atoms with Crippen LogP contribution >= 0.6 is 0 Å². The predicted octanol–water partition coefficient (Wildman–Crippen LogP) is 4.84. The number of carboxylic acid groups (broad SMARTS) is 1.